The number of nitrogens with one attached hydrogen (secondary N) is 1. The topological polar surface area (TPSA) is 59.8 Å². The smallest absolute Gasteiger partial charge is 0.195 e. The second kappa shape index (κ2) is 8.36. The zero-order valence-electron chi connectivity index (χ0n) is 18.8. The molecule has 1 N–H and O–H groups in total. The molecule has 162 valence electrons. The Kier molecular flexibility index (Phi) is 5.23. The van der Waals surface area contributed by atoms with E-state index in [4.69, 9.17) is 5.10 Å². The van der Waals surface area contributed by atoms with Gasteiger partial charge in [-0.1, -0.05) is 48.5 Å². The normalized spacial score (nSPS) is 11.0. The highest BCUT2D eigenvalue weighted by molar-refractivity contribution is 6.12. The maximum Gasteiger partial charge on any atom is 0.195 e. The van der Waals surface area contributed by atoms with Crippen molar-refractivity contribution in [3.05, 3.63) is 113 Å². The van der Waals surface area contributed by atoms with E-state index in [1.165, 1.54) is 11.1 Å². The van der Waals surface area contributed by atoms with Crippen LogP contribution in [0.3, 0.4) is 0 Å². The first kappa shape index (κ1) is 20.6. The van der Waals surface area contributed by atoms with E-state index in [1.807, 2.05) is 72.8 Å². The zero-order chi connectivity index (χ0) is 22.9. The predicted molar refractivity (Wildman–Crippen MR) is 133 cm³/mol. The molecule has 0 fully saturated rings. The Morgan fingerprint density at radius 3 is 2.33 bits per heavy atom. The lowest BCUT2D eigenvalue weighted by Crippen LogP contribution is -2.05. The van der Waals surface area contributed by atoms with Crippen LogP contribution < -0.4 is 5.32 Å². The first-order valence-electron chi connectivity index (χ1n) is 10.9. The molecule has 5 heteroatoms. The summed E-state index contributed by atoms with van der Waals surface area (Å²) in [7, 11) is 0. The number of fused-ring (bicyclic) bond motifs is 1. The molecule has 0 radical (unpaired) electrons. The van der Waals surface area contributed by atoms with Crippen LogP contribution in [0.25, 0.3) is 16.7 Å². The van der Waals surface area contributed by atoms with Gasteiger partial charge in [-0.2, -0.15) is 4.80 Å². The lowest BCUT2D eigenvalue weighted by Gasteiger charge is -2.11. The molecular weight excluding hydrogens is 408 g/mol. The van der Waals surface area contributed by atoms with Crippen molar-refractivity contribution in [1.29, 1.82) is 0 Å². The maximum absolute atomic E-state index is 13.1. The second-order valence-electron chi connectivity index (χ2n) is 8.28. The first-order chi connectivity index (χ1) is 16.0. The number of rotatable bonds is 5. The van der Waals surface area contributed by atoms with Gasteiger partial charge < -0.3 is 5.32 Å². The molecule has 5 rings (SSSR count). The number of para-hydroxylation sites is 1. The van der Waals surface area contributed by atoms with E-state index in [-0.39, 0.29) is 5.78 Å². The third kappa shape index (κ3) is 4.01. The molecule has 0 saturated carbocycles. The quantitative estimate of drug-likeness (QED) is 0.330. The monoisotopic (exact) mass is 432 g/mol. The van der Waals surface area contributed by atoms with E-state index in [9.17, 15) is 4.79 Å². The Balaban J connectivity index is 1.49. The van der Waals surface area contributed by atoms with Crippen molar-refractivity contribution < 1.29 is 4.79 Å². The van der Waals surface area contributed by atoms with Crippen LogP contribution in [0.1, 0.15) is 32.6 Å². The number of hydrogen-bond acceptors (Lipinski definition) is 4. The second-order valence-corrected chi connectivity index (χ2v) is 8.28. The third-order valence-electron chi connectivity index (χ3n) is 5.87. The Morgan fingerprint density at radius 1 is 0.788 bits per heavy atom. The van der Waals surface area contributed by atoms with Crippen LogP contribution in [0.5, 0.6) is 0 Å². The van der Waals surface area contributed by atoms with E-state index in [0.29, 0.717) is 11.1 Å². The number of anilines is 2. The van der Waals surface area contributed by atoms with Gasteiger partial charge in [0.05, 0.1) is 5.69 Å². The number of nitrogens with zero attached hydrogens (tertiary/aromatic N) is 3. The fourth-order valence-electron chi connectivity index (χ4n) is 4.02. The average molecular weight is 433 g/mol. The average Bonchev–Trinajstić information content (AvgIpc) is 3.25. The van der Waals surface area contributed by atoms with Crippen molar-refractivity contribution in [2.45, 2.75) is 20.8 Å². The van der Waals surface area contributed by atoms with Gasteiger partial charge >= 0.3 is 0 Å². The molecule has 33 heavy (non-hydrogen) atoms. The lowest BCUT2D eigenvalue weighted by molar-refractivity contribution is 0.103. The largest absolute Gasteiger partial charge is 0.355 e. The molecule has 0 atom stereocenters. The fraction of sp³-hybridized carbons (Fsp3) is 0.107. The maximum atomic E-state index is 13.1. The minimum absolute atomic E-state index is 0.0176. The summed E-state index contributed by atoms with van der Waals surface area (Å²) in [6.07, 6.45) is 0. The molecule has 0 saturated heterocycles. The number of ketones is 1. The van der Waals surface area contributed by atoms with Crippen molar-refractivity contribution in [2.75, 3.05) is 5.32 Å². The zero-order valence-corrected chi connectivity index (χ0v) is 18.8. The summed E-state index contributed by atoms with van der Waals surface area (Å²) < 4.78 is 0. The number of hydrogen-bond donors (Lipinski definition) is 1. The van der Waals surface area contributed by atoms with Crippen molar-refractivity contribution in [1.82, 2.24) is 15.0 Å². The van der Waals surface area contributed by atoms with Crippen LogP contribution in [0.4, 0.5) is 11.4 Å². The summed E-state index contributed by atoms with van der Waals surface area (Å²) in [6.45, 7) is 6.27. The molecule has 0 aliphatic heterocycles. The lowest BCUT2D eigenvalue weighted by atomic mass is 10.0. The highest BCUT2D eigenvalue weighted by Gasteiger charge is 2.14. The Hall–Kier alpha value is -4.25. The molecule has 4 aromatic carbocycles. The van der Waals surface area contributed by atoms with Crippen LogP contribution >= 0.6 is 0 Å². The van der Waals surface area contributed by atoms with Gasteiger partial charge in [0, 0.05) is 22.5 Å². The third-order valence-corrected chi connectivity index (χ3v) is 5.87. The number of carbonyl (C=O) groups excluding carboxylic acids is 1. The molecule has 5 aromatic rings. The summed E-state index contributed by atoms with van der Waals surface area (Å²) in [5.41, 5.74) is 9.02. The van der Waals surface area contributed by atoms with E-state index >= 15 is 0 Å². The summed E-state index contributed by atoms with van der Waals surface area (Å²) >= 11 is 0. The van der Waals surface area contributed by atoms with E-state index < -0.39 is 0 Å². The molecule has 0 bridgehead atoms. The molecule has 5 nitrogen and oxygen atoms in total. The van der Waals surface area contributed by atoms with E-state index in [0.717, 1.165) is 33.7 Å². The predicted octanol–water partition coefficient (Wildman–Crippen LogP) is 6.32. The minimum Gasteiger partial charge on any atom is -0.355 e. The Labute approximate surface area is 192 Å². The fourth-order valence-corrected chi connectivity index (χ4v) is 4.02. The number of carbonyl (C=O) groups is 1. The van der Waals surface area contributed by atoms with Crippen molar-refractivity contribution in [3.8, 4) is 5.69 Å². The van der Waals surface area contributed by atoms with Gasteiger partial charge in [-0.3, -0.25) is 4.79 Å². The van der Waals surface area contributed by atoms with Crippen LogP contribution in [-0.4, -0.2) is 20.8 Å². The van der Waals surface area contributed by atoms with Gasteiger partial charge in [0.15, 0.2) is 5.78 Å². The molecular formula is C28H24N4O. The van der Waals surface area contributed by atoms with Gasteiger partial charge in [0.25, 0.3) is 0 Å². The first-order valence-corrected chi connectivity index (χ1v) is 10.9. The van der Waals surface area contributed by atoms with Crippen LogP contribution in [-0.2, 0) is 0 Å². The number of benzene rings is 4. The molecule has 0 spiro atoms. The van der Waals surface area contributed by atoms with Gasteiger partial charge in [-0.05, 0) is 73.9 Å². The summed E-state index contributed by atoms with van der Waals surface area (Å²) in [4.78, 5) is 14.8. The van der Waals surface area contributed by atoms with Gasteiger partial charge in [0.1, 0.15) is 11.0 Å². The number of aryl methyl sites for hydroxylation is 2. The highest BCUT2D eigenvalue weighted by Crippen LogP contribution is 2.26. The van der Waals surface area contributed by atoms with Crippen molar-refractivity contribution >= 4 is 28.2 Å². The molecule has 0 aliphatic carbocycles. The highest BCUT2D eigenvalue weighted by atomic mass is 16.1. The summed E-state index contributed by atoms with van der Waals surface area (Å²) in [5.74, 6) is -0.0176. The Morgan fingerprint density at radius 2 is 1.52 bits per heavy atom. The Bertz CT molecular complexity index is 1490. The molecule has 1 aromatic heterocycles. The summed E-state index contributed by atoms with van der Waals surface area (Å²) in [5, 5.41) is 12.8. The van der Waals surface area contributed by atoms with Crippen molar-refractivity contribution in [3.63, 3.8) is 0 Å². The number of aromatic nitrogens is 3. The minimum atomic E-state index is -0.0176. The van der Waals surface area contributed by atoms with E-state index in [1.54, 1.807) is 4.80 Å². The van der Waals surface area contributed by atoms with Crippen molar-refractivity contribution in [2.24, 2.45) is 0 Å². The molecule has 1 heterocycles. The van der Waals surface area contributed by atoms with Gasteiger partial charge in [-0.15, -0.1) is 10.2 Å². The summed E-state index contributed by atoms with van der Waals surface area (Å²) in [6, 6.07) is 27.0. The molecule has 0 unspecified atom stereocenters. The molecule has 0 amide bonds. The standard InChI is InChI=1S/C28H24N4O/c1-18-15-19(2)20(3)27(16-18)32-30-25-14-13-22(17-26(25)31-32)29-24-12-8-7-11-23(24)28(33)21-9-5-4-6-10-21/h4-17,29H,1-3H3. The SMILES string of the molecule is Cc1cc(C)c(C)c(-n2nc3ccc(Nc4ccccc4C(=O)c4ccccc4)cc3n2)c1. The van der Waals surface area contributed by atoms with Crippen LogP contribution in [0.2, 0.25) is 0 Å². The van der Waals surface area contributed by atoms with Crippen LogP contribution in [0.15, 0.2) is 84.9 Å². The van der Waals surface area contributed by atoms with Gasteiger partial charge in [0.2, 0.25) is 0 Å². The van der Waals surface area contributed by atoms with E-state index in [2.05, 4.69) is 43.3 Å². The van der Waals surface area contributed by atoms with Crippen LogP contribution in [0, 0.1) is 20.8 Å². The van der Waals surface area contributed by atoms with Gasteiger partial charge in [-0.25, -0.2) is 0 Å². The molecule has 0 aliphatic rings.